The second kappa shape index (κ2) is 8.29. The molecule has 0 radical (unpaired) electrons. The number of benzene rings is 2. The van der Waals surface area contributed by atoms with Crippen molar-refractivity contribution in [1.82, 2.24) is 9.88 Å². The number of nitrogens with one attached hydrogen (secondary N) is 1. The van der Waals surface area contributed by atoms with E-state index in [0.29, 0.717) is 0 Å². The van der Waals surface area contributed by atoms with Crippen molar-refractivity contribution in [3.63, 3.8) is 0 Å². The summed E-state index contributed by atoms with van der Waals surface area (Å²) in [4.78, 5) is 8.31. The fourth-order valence-corrected chi connectivity index (χ4v) is 4.67. The quantitative estimate of drug-likeness (QED) is 0.517. The summed E-state index contributed by atoms with van der Waals surface area (Å²) >= 11 is 1.77. The predicted octanol–water partition coefficient (Wildman–Crippen LogP) is 6.61. The first-order valence-electron chi connectivity index (χ1n) is 10.4. The summed E-state index contributed by atoms with van der Waals surface area (Å²) in [5, 5.41) is 1.31. The Bertz CT molecular complexity index is 1030. The molecule has 0 atom stereocenters. The van der Waals surface area contributed by atoms with Crippen molar-refractivity contribution in [2.45, 2.75) is 49.5 Å². The van der Waals surface area contributed by atoms with Crippen LogP contribution in [-0.2, 0) is 0 Å². The van der Waals surface area contributed by atoms with Crippen molar-refractivity contribution in [3.8, 4) is 5.75 Å². The van der Waals surface area contributed by atoms with E-state index in [4.69, 9.17) is 4.74 Å². The van der Waals surface area contributed by atoms with Gasteiger partial charge in [0.1, 0.15) is 11.4 Å². The zero-order chi connectivity index (χ0) is 20.4. The zero-order valence-corrected chi connectivity index (χ0v) is 18.6. The second-order valence-electron chi connectivity index (χ2n) is 8.55. The Kier molecular flexibility index (Phi) is 5.75. The van der Waals surface area contributed by atoms with Crippen LogP contribution in [0.1, 0.15) is 39.7 Å². The predicted molar refractivity (Wildman–Crippen MR) is 124 cm³/mol. The second-order valence-corrected chi connectivity index (χ2v) is 9.66. The first-order chi connectivity index (χ1) is 13.9. The van der Waals surface area contributed by atoms with E-state index in [1.807, 2.05) is 6.07 Å². The molecule has 1 aromatic heterocycles. The fraction of sp³-hybridized carbons (Fsp3) is 0.360. The van der Waals surface area contributed by atoms with Gasteiger partial charge >= 0.3 is 0 Å². The Morgan fingerprint density at radius 3 is 2.69 bits per heavy atom. The molecule has 3 aromatic rings. The molecule has 152 valence electrons. The van der Waals surface area contributed by atoms with Crippen LogP contribution in [0, 0.1) is 0 Å². The monoisotopic (exact) mass is 406 g/mol. The van der Waals surface area contributed by atoms with Gasteiger partial charge in [-0.05, 0) is 69.6 Å². The third-order valence-corrected chi connectivity index (χ3v) is 6.28. The minimum absolute atomic E-state index is 0.214. The Labute approximate surface area is 178 Å². The highest BCUT2D eigenvalue weighted by Crippen LogP contribution is 2.38. The van der Waals surface area contributed by atoms with E-state index >= 15 is 0 Å². The van der Waals surface area contributed by atoms with E-state index in [1.165, 1.54) is 26.9 Å². The molecule has 2 heterocycles. The summed E-state index contributed by atoms with van der Waals surface area (Å²) in [6, 6.07) is 15.0. The lowest BCUT2D eigenvalue weighted by atomic mass is 9.99. The number of H-pyrrole nitrogens is 1. The topological polar surface area (TPSA) is 28.3 Å². The van der Waals surface area contributed by atoms with Crippen molar-refractivity contribution in [3.05, 3.63) is 60.3 Å². The first kappa shape index (κ1) is 20.1. The van der Waals surface area contributed by atoms with Crippen LogP contribution in [0.2, 0.25) is 0 Å². The Balaban J connectivity index is 1.63. The lowest BCUT2D eigenvalue weighted by molar-refractivity contribution is 0.127. The molecule has 29 heavy (non-hydrogen) atoms. The molecule has 3 nitrogen and oxygen atoms in total. The van der Waals surface area contributed by atoms with Crippen LogP contribution in [0.3, 0.4) is 0 Å². The lowest BCUT2D eigenvalue weighted by Crippen LogP contribution is -2.27. The zero-order valence-electron chi connectivity index (χ0n) is 17.8. The summed E-state index contributed by atoms with van der Waals surface area (Å²) in [6.45, 7) is 11.8. The van der Waals surface area contributed by atoms with Gasteiger partial charge in [-0.2, -0.15) is 0 Å². The van der Waals surface area contributed by atoms with E-state index in [9.17, 15) is 0 Å². The molecule has 2 aromatic carbocycles. The van der Waals surface area contributed by atoms with Gasteiger partial charge in [-0.15, -0.1) is 0 Å². The molecule has 0 saturated carbocycles. The van der Waals surface area contributed by atoms with Crippen LogP contribution in [-0.4, -0.2) is 35.1 Å². The average Bonchev–Trinajstić information content (AvgIpc) is 3.12. The number of para-hydroxylation sites is 1. The smallest absolute Gasteiger partial charge is 0.134 e. The number of hydrogen-bond acceptors (Lipinski definition) is 3. The molecule has 4 heteroatoms. The minimum Gasteiger partial charge on any atom is -0.487 e. The number of likely N-dealkylation sites (N-methyl/N-ethyl adjacent to an activating group) is 1. The van der Waals surface area contributed by atoms with E-state index in [2.05, 4.69) is 86.2 Å². The van der Waals surface area contributed by atoms with Crippen LogP contribution in [0.4, 0.5) is 0 Å². The van der Waals surface area contributed by atoms with Crippen LogP contribution in [0.25, 0.3) is 16.5 Å². The highest BCUT2D eigenvalue weighted by molar-refractivity contribution is 7.99. The van der Waals surface area contributed by atoms with Gasteiger partial charge in [0.25, 0.3) is 0 Å². The van der Waals surface area contributed by atoms with Gasteiger partial charge in [-0.1, -0.05) is 36.9 Å². The van der Waals surface area contributed by atoms with Crippen molar-refractivity contribution in [2.24, 2.45) is 0 Å². The van der Waals surface area contributed by atoms with E-state index in [0.717, 1.165) is 36.7 Å². The molecular formula is C25H30N2OS. The molecule has 0 unspecified atom stereocenters. The van der Waals surface area contributed by atoms with Gasteiger partial charge < -0.3 is 9.72 Å². The molecule has 1 aliphatic rings. The van der Waals surface area contributed by atoms with Crippen molar-refractivity contribution >= 4 is 28.2 Å². The number of fused-ring (bicyclic) bond motifs is 1. The van der Waals surface area contributed by atoms with Gasteiger partial charge in [0.2, 0.25) is 0 Å². The largest absolute Gasteiger partial charge is 0.487 e. The van der Waals surface area contributed by atoms with Gasteiger partial charge in [0.05, 0.1) is 4.90 Å². The molecule has 0 spiro atoms. The van der Waals surface area contributed by atoms with Gasteiger partial charge in [-0.25, -0.2) is 0 Å². The molecule has 0 saturated heterocycles. The van der Waals surface area contributed by atoms with E-state index < -0.39 is 0 Å². The Morgan fingerprint density at radius 2 is 1.97 bits per heavy atom. The maximum Gasteiger partial charge on any atom is 0.134 e. The highest BCUT2D eigenvalue weighted by atomic mass is 32.2. The van der Waals surface area contributed by atoms with Crippen LogP contribution in [0.15, 0.2) is 64.5 Å². The minimum atomic E-state index is -0.214. The fourth-order valence-electron chi connectivity index (χ4n) is 3.75. The summed E-state index contributed by atoms with van der Waals surface area (Å²) in [7, 11) is 0. The third-order valence-electron chi connectivity index (χ3n) is 5.23. The van der Waals surface area contributed by atoms with E-state index in [-0.39, 0.29) is 5.60 Å². The standard InChI is InChI=1S/C25H30N2OS/c1-5-27-14-12-18(13-15-27)21-17-26-22-11-10-19(16-20(21)22)29-24-9-7-6-8-23(24)28-25(2,3)4/h6-12,16-17,26H,5,13-15H2,1-4H3. The van der Waals surface area contributed by atoms with Gasteiger partial charge in [0.15, 0.2) is 0 Å². The molecule has 1 N–H and O–H groups in total. The molecule has 0 fully saturated rings. The summed E-state index contributed by atoms with van der Waals surface area (Å²) in [6.07, 6.45) is 5.67. The van der Waals surface area contributed by atoms with Gasteiger partial charge in [0, 0.05) is 40.6 Å². The number of nitrogens with zero attached hydrogens (tertiary/aromatic N) is 1. The van der Waals surface area contributed by atoms with Crippen LogP contribution >= 0.6 is 11.8 Å². The lowest BCUT2D eigenvalue weighted by Gasteiger charge is -2.24. The van der Waals surface area contributed by atoms with Gasteiger partial charge in [-0.3, -0.25) is 4.90 Å². The first-order valence-corrected chi connectivity index (χ1v) is 11.2. The summed E-state index contributed by atoms with van der Waals surface area (Å²) < 4.78 is 6.18. The molecule has 0 amide bonds. The molecule has 0 aliphatic carbocycles. The van der Waals surface area contributed by atoms with Crippen molar-refractivity contribution < 1.29 is 4.74 Å². The average molecular weight is 407 g/mol. The Morgan fingerprint density at radius 1 is 1.14 bits per heavy atom. The highest BCUT2D eigenvalue weighted by Gasteiger charge is 2.17. The number of aromatic nitrogens is 1. The van der Waals surface area contributed by atoms with Crippen molar-refractivity contribution in [2.75, 3.05) is 19.6 Å². The maximum atomic E-state index is 6.18. The number of ether oxygens (including phenoxy) is 1. The molecule has 0 bridgehead atoms. The molecule has 4 rings (SSSR count). The SMILES string of the molecule is CCN1CC=C(c2c[nH]c3ccc(Sc4ccccc4OC(C)(C)C)cc23)CC1. The van der Waals surface area contributed by atoms with E-state index in [1.54, 1.807) is 11.8 Å². The van der Waals surface area contributed by atoms with Crippen LogP contribution < -0.4 is 4.74 Å². The number of aromatic amines is 1. The number of rotatable bonds is 5. The van der Waals surface area contributed by atoms with Crippen LogP contribution in [0.5, 0.6) is 5.75 Å². The summed E-state index contributed by atoms with van der Waals surface area (Å²) in [5.74, 6) is 0.939. The molecular weight excluding hydrogens is 376 g/mol. The normalized spacial score (nSPS) is 15.5. The third kappa shape index (κ3) is 4.71. The summed E-state index contributed by atoms with van der Waals surface area (Å²) in [5.41, 5.74) is 3.79. The van der Waals surface area contributed by atoms with Crippen molar-refractivity contribution in [1.29, 1.82) is 0 Å². The maximum absolute atomic E-state index is 6.18. The Hall–Kier alpha value is -2.17. The molecule has 1 aliphatic heterocycles. The number of hydrogen-bond donors (Lipinski definition) is 1.